The van der Waals surface area contributed by atoms with E-state index in [1.54, 1.807) is 12.4 Å². The number of hydrogen-bond acceptors (Lipinski definition) is 3. The van der Waals surface area contributed by atoms with E-state index in [1.165, 1.54) is 0 Å². The summed E-state index contributed by atoms with van der Waals surface area (Å²) in [5, 5.41) is 6.23. The van der Waals surface area contributed by atoms with E-state index in [2.05, 4.69) is 22.5 Å². The Bertz CT molecular complexity index is 519. The Labute approximate surface area is 145 Å². The first-order chi connectivity index (χ1) is 11.8. The fraction of sp³-hybridized carbons (Fsp3) is 0.400. The van der Waals surface area contributed by atoms with E-state index in [4.69, 9.17) is 0 Å². The van der Waals surface area contributed by atoms with E-state index in [0.717, 1.165) is 18.7 Å². The van der Waals surface area contributed by atoms with Crippen molar-refractivity contribution in [2.45, 2.75) is 27.3 Å². The van der Waals surface area contributed by atoms with Gasteiger partial charge in [0.2, 0.25) is 5.91 Å². The van der Waals surface area contributed by atoms with Crippen LogP contribution >= 0.6 is 0 Å². The number of amides is 1. The minimum atomic E-state index is 0.128. The highest BCUT2D eigenvalue weighted by Gasteiger charge is 2.29. The largest absolute Gasteiger partial charge is 0.352 e. The molecular weight excluding hydrogens is 298 g/mol. The molecule has 3 rings (SSSR count). The van der Waals surface area contributed by atoms with Crippen molar-refractivity contribution in [3.05, 3.63) is 66.5 Å². The quantitative estimate of drug-likeness (QED) is 0.910. The van der Waals surface area contributed by atoms with Crippen LogP contribution in [0.25, 0.3) is 0 Å². The number of benzene rings is 1. The zero-order valence-electron chi connectivity index (χ0n) is 14.9. The molecule has 130 valence electrons. The zero-order chi connectivity index (χ0) is 17.6. The fourth-order valence-corrected chi connectivity index (χ4v) is 2.39. The Balaban J connectivity index is 0.000000300. The summed E-state index contributed by atoms with van der Waals surface area (Å²) in [4.78, 5) is 15.7. The molecule has 0 spiro atoms. The van der Waals surface area contributed by atoms with Crippen molar-refractivity contribution in [3.63, 3.8) is 0 Å². The van der Waals surface area contributed by atoms with E-state index in [0.29, 0.717) is 12.5 Å². The summed E-state index contributed by atoms with van der Waals surface area (Å²) in [5.74, 6) is 0.737. The van der Waals surface area contributed by atoms with E-state index in [1.807, 2.05) is 62.4 Å². The summed E-state index contributed by atoms with van der Waals surface area (Å²) in [5.41, 5.74) is 1.15. The monoisotopic (exact) mass is 327 g/mol. The van der Waals surface area contributed by atoms with Crippen molar-refractivity contribution < 1.29 is 4.79 Å². The molecule has 1 fully saturated rings. The first-order valence-electron chi connectivity index (χ1n) is 8.64. The molecule has 2 atom stereocenters. The third-order valence-corrected chi connectivity index (χ3v) is 3.73. The Hall–Kier alpha value is -2.20. The lowest BCUT2D eigenvalue weighted by Crippen LogP contribution is -2.33. The van der Waals surface area contributed by atoms with E-state index in [9.17, 15) is 4.79 Å². The van der Waals surface area contributed by atoms with Crippen molar-refractivity contribution in [1.29, 1.82) is 0 Å². The van der Waals surface area contributed by atoms with Crippen molar-refractivity contribution in [3.8, 4) is 0 Å². The van der Waals surface area contributed by atoms with Crippen molar-refractivity contribution in [2.75, 3.05) is 13.1 Å². The third kappa shape index (κ3) is 7.38. The SMILES string of the molecule is CC.CC1CNC[C@H]1C(=O)NCc1ccccc1.c1ccncc1. The van der Waals surface area contributed by atoms with E-state index < -0.39 is 0 Å². The molecule has 0 bridgehead atoms. The summed E-state index contributed by atoms with van der Waals surface area (Å²) in [6.45, 7) is 8.50. The Kier molecular flexibility index (Phi) is 10.1. The number of nitrogens with zero attached hydrogens (tertiary/aromatic N) is 1. The molecule has 4 nitrogen and oxygen atoms in total. The molecule has 2 heterocycles. The van der Waals surface area contributed by atoms with Gasteiger partial charge in [-0.15, -0.1) is 0 Å². The molecule has 1 aliphatic heterocycles. The third-order valence-electron chi connectivity index (χ3n) is 3.73. The normalized spacial score (nSPS) is 18.5. The van der Waals surface area contributed by atoms with Gasteiger partial charge in [0, 0.05) is 25.5 Å². The summed E-state index contributed by atoms with van der Waals surface area (Å²) in [6, 6.07) is 15.7. The molecule has 1 unspecified atom stereocenters. The first-order valence-corrected chi connectivity index (χ1v) is 8.64. The molecule has 1 aromatic heterocycles. The molecule has 2 N–H and O–H groups in total. The molecule has 1 aromatic carbocycles. The maximum absolute atomic E-state index is 11.9. The van der Waals surface area contributed by atoms with Gasteiger partial charge < -0.3 is 10.6 Å². The second kappa shape index (κ2) is 12.3. The lowest BCUT2D eigenvalue weighted by atomic mass is 9.97. The minimum Gasteiger partial charge on any atom is -0.352 e. The number of aromatic nitrogens is 1. The Morgan fingerprint density at radius 3 is 2.17 bits per heavy atom. The van der Waals surface area contributed by atoms with Crippen molar-refractivity contribution >= 4 is 5.91 Å². The van der Waals surface area contributed by atoms with Gasteiger partial charge in [0.05, 0.1) is 5.92 Å². The highest BCUT2D eigenvalue weighted by molar-refractivity contribution is 5.79. The number of hydrogen-bond donors (Lipinski definition) is 2. The maximum Gasteiger partial charge on any atom is 0.224 e. The second-order valence-electron chi connectivity index (χ2n) is 5.47. The average molecular weight is 327 g/mol. The van der Waals surface area contributed by atoms with Gasteiger partial charge in [-0.25, -0.2) is 0 Å². The van der Waals surface area contributed by atoms with Crippen LogP contribution in [-0.4, -0.2) is 24.0 Å². The maximum atomic E-state index is 11.9. The lowest BCUT2D eigenvalue weighted by molar-refractivity contribution is -0.125. The minimum absolute atomic E-state index is 0.128. The summed E-state index contributed by atoms with van der Waals surface area (Å²) in [6.07, 6.45) is 3.50. The standard InChI is InChI=1S/C13H18N2O.C5H5N.C2H6/c1-10-7-14-9-12(10)13(16)15-8-11-5-3-2-4-6-11;1-2-4-6-5-3-1;1-2/h2-6,10,12,14H,7-9H2,1H3,(H,15,16);1-5H;1-2H3/t10?,12-;;/m1../s1. The van der Waals surface area contributed by atoms with Gasteiger partial charge in [0.1, 0.15) is 0 Å². The highest BCUT2D eigenvalue weighted by atomic mass is 16.1. The summed E-state index contributed by atoms with van der Waals surface area (Å²) >= 11 is 0. The van der Waals surface area contributed by atoms with Crippen LogP contribution < -0.4 is 10.6 Å². The molecule has 2 aromatic rings. The molecule has 4 heteroatoms. The smallest absolute Gasteiger partial charge is 0.224 e. The molecular formula is C20H29N3O. The molecule has 0 saturated carbocycles. The van der Waals surface area contributed by atoms with Crippen LogP contribution in [-0.2, 0) is 11.3 Å². The molecule has 24 heavy (non-hydrogen) atoms. The first kappa shape index (κ1) is 19.8. The van der Waals surface area contributed by atoms with Gasteiger partial charge in [-0.3, -0.25) is 9.78 Å². The average Bonchev–Trinajstić information content (AvgIpc) is 3.10. The van der Waals surface area contributed by atoms with Crippen LogP contribution in [0.3, 0.4) is 0 Å². The Morgan fingerprint density at radius 1 is 1.08 bits per heavy atom. The molecule has 0 radical (unpaired) electrons. The predicted octanol–water partition coefficient (Wildman–Crippen LogP) is 3.27. The van der Waals surface area contributed by atoms with E-state index in [-0.39, 0.29) is 11.8 Å². The molecule has 1 aliphatic rings. The lowest BCUT2D eigenvalue weighted by Gasteiger charge is -2.14. The second-order valence-corrected chi connectivity index (χ2v) is 5.47. The zero-order valence-corrected chi connectivity index (χ0v) is 14.9. The fourth-order valence-electron chi connectivity index (χ4n) is 2.39. The van der Waals surface area contributed by atoms with Gasteiger partial charge in [-0.2, -0.15) is 0 Å². The van der Waals surface area contributed by atoms with Crippen LogP contribution in [0.2, 0.25) is 0 Å². The number of carbonyl (C=O) groups is 1. The van der Waals surface area contributed by atoms with Crippen LogP contribution in [0.5, 0.6) is 0 Å². The highest BCUT2D eigenvalue weighted by Crippen LogP contribution is 2.15. The van der Waals surface area contributed by atoms with Gasteiger partial charge in [0.15, 0.2) is 0 Å². The van der Waals surface area contributed by atoms with Gasteiger partial charge in [0.25, 0.3) is 0 Å². The molecule has 0 aliphatic carbocycles. The van der Waals surface area contributed by atoms with Crippen LogP contribution in [0.1, 0.15) is 26.3 Å². The van der Waals surface area contributed by atoms with Gasteiger partial charge >= 0.3 is 0 Å². The molecule has 1 amide bonds. The van der Waals surface area contributed by atoms with Crippen molar-refractivity contribution in [2.24, 2.45) is 11.8 Å². The van der Waals surface area contributed by atoms with Crippen LogP contribution in [0.4, 0.5) is 0 Å². The number of carbonyl (C=O) groups excluding carboxylic acids is 1. The molecule has 1 saturated heterocycles. The van der Waals surface area contributed by atoms with Crippen molar-refractivity contribution in [1.82, 2.24) is 15.6 Å². The van der Waals surface area contributed by atoms with E-state index >= 15 is 0 Å². The van der Waals surface area contributed by atoms with Gasteiger partial charge in [-0.1, -0.05) is 57.2 Å². The summed E-state index contributed by atoms with van der Waals surface area (Å²) < 4.78 is 0. The number of rotatable bonds is 3. The Morgan fingerprint density at radius 2 is 1.71 bits per heavy atom. The number of nitrogens with one attached hydrogen (secondary N) is 2. The number of pyridine rings is 1. The summed E-state index contributed by atoms with van der Waals surface area (Å²) in [7, 11) is 0. The van der Waals surface area contributed by atoms with Crippen LogP contribution in [0.15, 0.2) is 60.9 Å². The predicted molar refractivity (Wildman–Crippen MR) is 99.4 cm³/mol. The van der Waals surface area contributed by atoms with Crippen LogP contribution in [0, 0.1) is 11.8 Å². The topological polar surface area (TPSA) is 54.0 Å². The van der Waals surface area contributed by atoms with Gasteiger partial charge in [-0.05, 0) is 30.2 Å².